The molecule has 0 spiro atoms. The monoisotopic (exact) mass is 405 g/mol. The van der Waals surface area contributed by atoms with E-state index in [1.807, 2.05) is 18.2 Å². The minimum atomic E-state index is -0.573. The van der Waals surface area contributed by atoms with Crippen molar-refractivity contribution in [2.75, 3.05) is 5.32 Å². The van der Waals surface area contributed by atoms with Gasteiger partial charge in [0.15, 0.2) is 0 Å². The lowest BCUT2D eigenvalue weighted by Crippen LogP contribution is -2.15. The van der Waals surface area contributed by atoms with Gasteiger partial charge in [-0.3, -0.25) is 14.0 Å². The summed E-state index contributed by atoms with van der Waals surface area (Å²) in [6, 6.07) is 20.0. The summed E-state index contributed by atoms with van der Waals surface area (Å²) < 4.78 is 15.4. The highest BCUT2D eigenvalue weighted by Gasteiger charge is 2.13. The molecule has 7 heteroatoms. The number of carbonyl (C=O) groups is 1. The number of halogens is 1. The first-order valence-corrected chi connectivity index (χ1v) is 9.85. The topological polar surface area (TPSA) is 63.5 Å². The molecule has 0 fully saturated rings. The molecule has 2 heterocycles. The molecule has 0 aliphatic rings. The number of aromatic nitrogens is 2. The second-order valence-corrected chi connectivity index (χ2v) is 7.25. The summed E-state index contributed by atoms with van der Waals surface area (Å²) >= 11 is 1.44. The van der Waals surface area contributed by atoms with Crippen LogP contribution >= 0.6 is 11.8 Å². The molecule has 1 N–H and O–H groups in total. The normalized spacial score (nSPS) is 10.8. The largest absolute Gasteiger partial charge is 0.321 e. The van der Waals surface area contributed by atoms with Gasteiger partial charge in [-0.25, -0.2) is 9.37 Å². The van der Waals surface area contributed by atoms with E-state index in [0.29, 0.717) is 22.8 Å². The Morgan fingerprint density at radius 1 is 1.03 bits per heavy atom. The maximum Gasteiger partial charge on any atom is 0.258 e. The third kappa shape index (κ3) is 4.20. The van der Waals surface area contributed by atoms with Crippen LogP contribution in [0.5, 0.6) is 0 Å². The van der Waals surface area contributed by atoms with Gasteiger partial charge in [-0.15, -0.1) is 11.8 Å². The zero-order valence-corrected chi connectivity index (χ0v) is 16.0. The van der Waals surface area contributed by atoms with E-state index in [1.165, 1.54) is 40.4 Å². The van der Waals surface area contributed by atoms with E-state index in [2.05, 4.69) is 10.3 Å². The summed E-state index contributed by atoms with van der Waals surface area (Å²) in [7, 11) is 0. The first-order chi connectivity index (χ1) is 14.1. The van der Waals surface area contributed by atoms with E-state index < -0.39 is 11.7 Å². The molecule has 0 aliphatic heterocycles. The summed E-state index contributed by atoms with van der Waals surface area (Å²) in [6.07, 6.45) is 1.68. The van der Waals surface area contributed by atoms with Crippen molar-refractivity contribution in [3.05, 3.63) is 106 Å². The fourth-order valence-corrected chi connectivity index (χ4v) is 3.76. The maximum absolute atomic E-state index is 13.9. The van der Waals surface area contributed by atoms with Crippen LogP contribution in [-0.4, -0.2) is 15.3 Å². The summed E-state index contributed by atoms with van der Waals surface area (Å²) in [4.78, 5) is 30.0. The fourth-order valence-electron chi connectivity index (χ4n) is 2.86. The average Bonchev–Trinajstić information content (AvgIpc) is 2.73. The number of fused-ring (bicyclic) bond motifs is 1. The van der Waals surface area contributed by atoms with Gasteiger partial charge in [-0.2, -0.15) is 0 Å². The van der Waals surface area contributed by atoms with Crippen LogP contribution in [0.15, 0.2) is 88.7 Å². The molecule has 0 unspecified atom stereocenters. The summed E-state index contributed by atoms with van der Waals surface area (Å²) in [5, 5.41) is 2.76. The number of carbonyl (C=O) groups excluding carboxylic acids is 1. The number of benzene rings is 2. The molecule has 144 valence electrons. The number of amides is 1. The molecule has 2 aromatic heterocycles. The van der Waals surface area contributed by atoms with E-state index in [1.54, 1.807) is 36.5 Å². The van der Waals surface area contributed by atoms with Crippen molar-refractivity contribution in [3.63, 3.8) is 0 Å². The number of para-hydroxylation sites is 1. The number of rotatable bonds is 5. The Balaban J connectivity index is 1.54. The maximum atomic E-state index is 13.9. The predicted molar refractivity (Wildman–Crippen MR) is 112 cm³/mol. The Morgan fingerprint density at radius 2 is 1.79 bits per heavy atom. The molecule has 4 aromatic rings. The first kappa shape index (κ1) is 18.9. The van der Waals surface area contributed by atoms with Crippen LogP contribution in [0.1, 0.15) is 16.1 Å². The van der Waals surface area contributed by atoms with Gasteiger partial charge in [0.1, 0.15) is 11.5 Å². The molecule has 29 heavy (non-hydrogen) atoms. The summed E-state index contributed by atoms with van der Waals surface area (Å²) in [6.45, 7) is 0. The second-order valence-electron chi connectivity index (χ2n) is 6.23. The SMILES string of the molecule is O=C(Nc1ccccc1SCc1cc(=O)n2ccccc2n1)c1ccccc1F. The second kappa shape index (κ2) is 8.28. The molecular weight excluding hydrogens is 389 g/mol. The van der Waals surface area contributed by atoms with E-state index in [4.69, 9.17) is 0 Å². The van der Waals surface area contributed by atoms with Crippen LogP contribution < -0.4 is 10.9 Å². The molecule has 0 saturated heterocycles. The van der Waals surface area contributed by atoms with Gasteiger partial charge in [0.2, 0.25) is 0 Å². The van der Waals surface area contributed by atoms with Crippen LogP contribution in [-0.2, 0) is 5.75 Å². The lowest BCUT2D eigenvalue weighted by Gasteiger charge is -2.11. The molecule has 5 nitrogen and oxygen atoms in total. The molecule has 4 rings (SSSR count). The third-order valence-corrected chi connectivity index (χ3v) is 5.36. The zero-order valence-electron chi connectivity index (χ0n) is 15.2. The van der Waals surface area contributed by atoms with Crippen molar-refractivity contribution in [1.29, 1.82) is 0 Å². The Hall–Kier alpha value is -3.45. The highest BCUT2D eigenvalue weighted by molar-refractivity contribution is 7.98. The Kier molecular flexibility index (Phi) is 5.39. The van der Waals surface area contributed by atoms with Crippen molar-refractivity contribution in [3.8, 4) is 0 Å². The minimum absolute atomic E-state index is 0.0171. The molecule has 0 radical (unpaired) electrons. The van der Waals surface area contributed by atoms with Crippen molar-refractivity contribution in [2.45, 2.75) is 10.6 Å². The van der Waals surface area contributed by atoms with Crippen LogP contribution in [0.4, 0.5) is 10.1 Å². The summed E-state index contributed by atoms with van der Waals surface area (Å²) in [5.74, 6) is -0.637. The molecule has 0 saturated carbocycles. The minimum Gasteiger partial charge on any atom is -0.321 e. The van der Waals surface area contributed by atoms with Crippen molar-refractivity contribution in [1.82, 2.24) is 9.38 Å². The van der Waals surface area contributed by atoms with E-state index in [0.717, 1.165) is 4.90 Å². The fraction of sp³-hybridized carbons (Fsp3) is 0.0455. The van der Waals surface area contributed by atoms with Gasteiger partial charge in [-0.05, 0) is 36.4 Å². The van der Waals surface area contributed by atoms with Crippen LogP contribution in [0, 0.1) is 5.82 Å². The number of anilines is 1. The van der Waals surface area contributed by atoms with Crippen molar-refractivity contribution in [2.24, 2.45) is 0 Å². The predicted octanol–water partition coefficient (Wildman–Crippen LogP) is 4.38. The lowest BCUT2D eigenvalue weighted by atomic mass is 10.2. The lowest BCUT2D eigenvalue weighted by molar-refractivity contribution is 0.102. The average molecular weight is 405 g/mol. The number of hydrogen-bond donors (Lipinski definition) is 1. The van der Waals surface area contributed by atoms with E-state index >= 15 is 0 Å². The zero-order chi connectivity index (χ0) is 20.2. The molecule has 2 aromatic carbocycles. The van der Waals surface area contributed by atoms with Crippen molar-refractivity contribution < 1.29 is 9.18 Å². The molecular formula is C22H16FN3O2S. The Morgan fingerprint density at radius 3 is 2.66 bits per heavy atom. The highest BCUT2D eigenvalue weighted by Crippen LogP contribution is 2.29. The number of nitrogens with zero attached hydrogens (tertiary/aromatic N) is 2. The standard InChI is InChI=1S/C22H16FN3O2S/c23-17-8-2-1-7-16(17)22(28)25-18-9-3-4-10-19(18)29-14-15-13-21(27)26-12-6-5-11-20(26)24-15/h1-13H,14H2,(H,25,28). The van der Waals surface area contributed by atoms with E-state index in [-0.39, 0.29) is 11.1 Å². The van der Waals surface area contributed by atoms with Crippen LogP contribution in [0.2, 0.25) is 0 Å². The van der Waals surface area contributed by atoms with Gasteiger partial charge in [0.05, 0.1) is 16.9 Å². The molecule has 0 atom stereocenters. The van der Waals surface area contributed by atoms with Gasteiger partial charge in [0, 0.05) is 22.9 Å². The van der Waals surface area contributed by atoms with E-state index in [9.17, 15) is 14.0 Å². The van der Waals surface area contributed by atoms with Crippen LogP contribution in [0.3, 0.4) is 0 Å². The quantitative estimate of drug-likeness (QED) is 0.501. The Labute approximate surface area is 170 Å². The van der Waals surface area contributed by atoms with Gasteiger partial charge >= 0.3 is 0 Å². The number of nitrogens with one attached hydrogen (secondary N) is 1. The smallest absolute Gasteiger partial charge is 0.258 e. The highest BCUT2D eigenvalue weighted by atomic mass is 32.2. The van der Waals surface area contributed by atoms with Gasteiger partial charge in [0.25, 0.3) is 11.5 Å². The first-order valence-electron chi connectivity index (χ1n) is 8.87. The van der Waals surface area contributed by atoms with Crippen LogP contribution in [0.25, 0.3) is 5.65 Å². The number of hydrogen-bond acceptors (Lipinski definition) is 4. The molecule has 0 bridgehead atoms. The summed E-state index contributed by atoms with van der Waals surface area (Å²) in [5.41, 5.74) is 1.63. The third-order valence-electron chi connectivity index (χ3n) is 4.25. The Bertz CT molecular complexity index is 1260. The molecule has 0 aliphatic carbocycles. The molecule has 1 amide bonds. The van der Waals surface area contributed by atoms with Gasteiger partial charge in [-0.1, -0.05) is 30.3 Å². The van der Waals surface area contributed by atoms with Crippen molar-refractivity contribution >= 4 is 29.0 Å². The number of thioether (sulfide) groups is 1. The van der Waals surface area contributed by atoms with Gasteiger partial charge < -0.3 is 5.32 Å². The number of pyridine rings is 1.